The van der Waals surface area contributed by atoms with Gasteiger partial charge in [0, 0.05) is 25.9 Å². The van der Waals surface area contributed by atoms with Gasteiger partial charge in [-0.1, -0.05) is 71.1 Å². The molecule has 0 aromatic rings. The molecule has 1 atom stereocenters. The molecular formula is C23H43NO2. The molecule has 0 aromatic carbocycles. The molecule has 0 aliphatic rings. The zero-order valence-electron chi connectivity index (χ0n) is 17.2. The van der Waals surface area contributed by atoms with Crippen molar-refractivity contribution in [2.24, 2.45) is 11.7 Å². The number of primary amides is 1. The smallest absolute Gasteiger partial charge is 0.217 e. The first-order valence-corrected chi connectivity index (χ1v) is 11.0. The number of carbonyl (C=O) groups is 1. The third-order valence-electron chi connectivity index (χ3n) is 4.91. The Morgan fingerprint density at radius 2 is 1.19 bits per heavy atom. The number of amides is 1. The van der Waals surface area contributed by atoms with Crippen LogP contribution >= 0.6 is 0 Å². The van der Waals surface area contributed by atoms with Gasteiger partial charge < -0.3 is 10.8 Å². The first-order chi connectivity index (χ1) is 12.7. The predicted octanol–water partition coefficient (Wildman–Crippen LogP) is 5.74. The van der Waals surface area contributed by atoms with Crippen molar-refractivity contribution < 1.29 is 9.90 Å². The third kappa shape index (κ3) is 21.0. The Labute approximate surface area is 162 Å². The number of nitrogens with two attached hydrogens (primary N) is 1. The van der Waals surface area contributed by atoms with Crippen molar-refractivity contribution in [3.05, 3.63) is 0 Å². The third-order valence-corrected chi connectivity index (χ3v) is 4.91. The van der Waals surface area contributed by atoms with Gasteiger partial charge in [0.05, 0.1) is 0 Å². The average Bonchev–Trinajstić information content (AvgIpc) is 2.63. The van der Waals surface area contributed by atoms with Crippen LogP contribution in [0.2, 0.25) is 0 Å². The lowest BCUT2D eigenvalue weighted by Gasteiger charge is -2.05. The normalized spacial score (nSPS) is 11.8. The van der Waals surface area contributed by atoms with E-state index >= 15 is 0 Å². The largest absolute Gasteiger partial charge is 0.396 e. The molecule has 152 valence electrons. The molecule has 0 spiro atoms. The number of carbonyl (C=O) groups excluding carboxylic acids is 1. The lowest BCUT2D eigenvalue weighted by molar-refractivity contribution is -0.118. The van der Waals surface area contributed by atoms with Gasteiger partial charge in [-0.3, -0.25) is 4.79 Å². The predicted molar refractivity (Wildman–Crippen MR) is 112 cm³/mol. The molecule has 0 fully saturated rings. The SMILES string of the molecule is CC(CO)CCCCCCC#CCCCCCCCCCCCC(N)=O. The van der Waals surface area contributed by atoms with E-state index in [1.807, 2.05) is 0 Å². The highest BCUT2D eigenvalue weighted by atomic mass is 16.3. The minimum Gasteiger partial charge on any atom is -0.396 e. The summed E-state index contributed by atoms with van der Waals surface area (Å²) in [5.74, 6) is 6.92. The van der Waals surface area contributed by atoms with Crippen molar-refractivity contribution in [2.45, 2.75) is 116 Å². The summed E-state index contributed by atoms with van der Waals surface area (Å²) in [6.07, 6.45) is 20.0. The molecule has 0 aliphatic carbocycles. The van der Waals surface area contributed by atoms with E-state index in [-0.39, 0.29) is 5.91 Å². The Morgan fingerprint density at radius 1 is 0.769 bits per heavy atom. The van der Waals surface area contributed by atoms with E-state index in [1.54, 1.807) is 0 Å². The lowest BCUT2D eigenvalue weighted by Crippen LogP contribution is -2.09. The summed E-state index contributed by atoms with van der Waals surface area (Å²) in [6, 6.07) is 0. The van der Waals surface area contributed by atoms with Crippen LogP contribution in [0.25, 0.3) is 0 Å². The summed E-state index contributed by atoms with van der Waals surface area (Å²) in [5.41, 5.74) is 5.12. The van der Waals surface area contributed by atoms with Crippen LogP contribution in [-0.2, 0) is 4.79 Å². The molecule has 0 rings (SSSR count). The van der Waals surface area contributed by atoms with Crippen molar-refractivity contribution in [2.75, 3.05) is 6.61 Å². The van der Waals surface area contributed by atoms with E-state index in [9.17, 15) is 4.79 Å². The summed E-state index contributed by atoms with van der Waals surface area (Å²) < 4.78 is 0. The summed E-state index contributed by atoms with van der Waals surface area (Å²) in [6.45, 7) is 2.43. The molecule has 0 aliphatic heterocycles. The maximum atomic E-state index is 10.6. The van der Waals surface area contributed by atoms with Crippen molar-refractivity contribution in [3.63, 3.8) is 0 Å². The number of hydrogen-bond donors (Lipinski definition) is 2. The first-order valence-electron chi connectivity index (χ1n) is 11.0. The van der Waals surface area contributed by atoms with E-state index in [0.717, 1.165) is 32.1 Å². The fourth-order valence-corrected chi connectivity index (χ4v) is 3.08. The minimum absolute atomic E-state index is 0.169. The van der Waals surface area contributed by atoms with Gasteiger partial charge in [-0.05, 0) is 31.6 Å². The molecule has 0 aromatic heterocycles. The van der Waals surface area contributed by atoms with Gasteiger partial charge in [0.2, 0.25) is 5.91 Å². The second-order valence-electron chi connectivity index (χ2n) is 7.74. The van der Waals surface area contributed by atoms with Gasteiger partial charge in [0.25, 0.3) is 0 Å². The zero-order chi connectivity index (χ0) is 19.3. The first kappa shape index (κ1) is 25.0. The molecule has 3 heteroatoms. The van der Waals surface area contributed by atoms with Crippen LogP contribution in [-0.4, -0.2) is 17.6 Å². The number of rotatable bonds is 18. The van der Waals surface area contributed by atoms with Crippen molar-refractivity contribution >= 4 is 5.91 Å². The minimum atomic E-state index is -0.169. The molecule has 0 bridgehead atoms. The number of hydrogen-bond acceptors (Lipinski definition) is 2. The number of unbranched alkanes of at least 4 members (excludes halogenated alkanes) is 13. The van der Waals surface area contributed by atoms with Crippen molar-refractivity contribution in [3.8, 4) is 11.8 Å². The number of aliphatic hydroxyl groups excluding tert-OH is 1. The maximum absolute atomic E-state index is 10.6. The van der Waals surface area contributed by atoms with Crippen LogP contribution < -0.4 is 5.73 Å². The van der Waals surface area contributed by atoms with Gasteiger partial charge in [-0.25, -0.2) is 0 Å². The highest BCUT2D eigenvalue weighted by molar-refractivity contribution is 5.73. The van der Waals surface area contributed by atoms with Gasteiger partial charge in [-0.15, -0.1) is 11.8 Å². The molecule has 0 radical (unpaired) electrons. The Bertz CT molecular complexity index is 370. The van der Waals surface area contributed by atoms with Crippen molar-refractivity contribution in [1.82, 2.24) is 0 Å². The standard InChI is InChI=1S/C23H43NO2/c1-22(21-25)19-17-15-13-11-9-7-5-3-2-4-6-8-10-12-14-16-18-20-23(24)26/h22,25H,2-4,6,8-21H2,1H3,(H2,24,26). The average molecular weight is 366 g/mol. The van der Waals surface area contributed by atoms with Crippen molar-refractivity contribution in [1.29, 1.82) is 0 Å². The van der Waals surface area contributed by atoms with Gasteiger partial charge in [-0.2, -0.15) is 0 Å². The van der Waals surface area contributed by atoms with E-state index < -0.39 is 0 Å². The topological polar surface area (TPSA) is 63.3 Å². The molecule has 1 unspecified atom stereocenters. The molecule has 3 nitrogen and oxygen atoms in total. The maximum Gasteiger partial charge on any atom is 0.217 e. The second kappa shape index (κ2) is 20.3. The quantitative estimate of drug-likeness (QED) is 0.240. The molecular weight excluding hydrogens is 322 g/mol. The highest BCUT2D eigenvalue weighted by Crippen LogP contribution is 2.12. The molecule has 26 heavy (non-hydrogen) atoms. The summed E-state index contributed by atoms with van der Waals surface area (Å²) in [4.78, 5) is 10.6. The Kier molecular flexibility index (Phi) is 19.5. The molecule has 0 saturated heterocycles. The molecule has 0 saturated carbocycles. The van der Waals surface area contributed by atoms with E-state index in [0.29, 0.717) is 18.9 Å². The fourth-order valence-electron chi connectivity index (χ4n) is 3.08. The van der Waals surface area contributed by atoms with E-state index in [2.05, 4.69) is 18.8 Å². The second-order valence-corrected chi connectivity index (χ2v) is 7.74. The van der Waals surface area contributed by atoms with Crippen LogP contribution in [0.3, 0.4) is 0 Å². The van der Waals surface area contributed by atoms with Crippen LogP contribution in [0.1, 0.15) is 116 Å². The number of aliphatic hydroxyl groups is 1. The Balaban J connectivity index is 3.15. The zero-order valence-corrected chi connectivity index (χ0v) is 17.2. The summed E-state index contributed by atoms with van der Waals surface area (Å²) in [7, 11) is 0. The summed E-state index contributed by atoms with van der Waals surface area (Å²) in [5, 5.41) is 8.96. The molecule has 0 heterocycles. The monoisotopic (exact) mass is 365 g/mol. The van der Waals surface area contributed by atoms with Crippen LogP contribution in [0.4, 0.5) is 0 Å². The Morgan fingerprint density at radius 3 is 1.65 bits per heavy atom. The van der Waals surface area contributed by atoms with E-state index in [4.69, 9.17) is 10.8 Å². The lowest BCUT2D eigenvalue weighted by atomic mass is 10.0. The van der Waals surface area contributed by atoms with Crippen LogP contribution in [0.5, 0.6) is 0 Å². The van der Waals surface area contributed by atoms with E-state index in [1.165, 1.54) is 70.6 Å². The summed E-state index contributed by atoms with van der Waals surface area (Å²) >= 11 is 0. The Hall–Kier alpha value is -1.01. The van der Waals surface area contributed by atoms with Gasteiger partial charge >= 0.3 is 0 Å². The fraction of sp³-hybridized carbons (Fsp3) is 0.870. The highest BCUT2D eigenvalue weighted by Gasteiger charge is 1.98. The van der Waals surface area contributed by atoms with Gasteiger partial charge in [0.15, 0.2) is 0 Å². The van der Waals surface area contributed by atoms with Crippen LogP contribution in [0, 0.1) is 17.8 Å². The molecule has 1 amide bonds. The van der Waals surface area contributed by atoms with Gasteiger partial charge in [0.1, 0.15) is 0 Å². The van der Waals surface area contributed by atoms with Crippen LogP contribution in [0.15, 0.2) is 0 Å². The molecule has 3 N–H and O–H groups in total.